The zero-order chi connectivity index (χ0) is 20.8. The molecular weight excluding hydrogens is 404 g/mol. The van der Waals surface area contributed by atoms with Crippen molar-refractivity contribution in [1.29, 1.82) is 0 Å². The van der Waals surface area contributed by atoms with Crippen LogP contribution in [-0.4, -0.2) is 13.0 Å². The van der Waals surface area contributed by atoms with Gasteiger partial charge in [0.2, 0.25) is 10.0 Å². The van der Waals surface area contributed by atoms with Gasteiger partial charge in [-0.3, -0.25) is 9.36 Å². The molecule has 2 aromatic carbocycles. The Balaban J connectivity index is 1.62. The molecule has 0 aliphatic heterocycles. The van der Waals surface area contributed by atoms with Gasteiger partial charge >= 0.3 is 4.87 Å². The lowest BCUT2D eigenvalue weighted by molar-refractivity contribution is 0.566. The van der Waals surface area contributed by atoms with Gasteiger partial charge in [-0.15, -0.1) is 0 Å². The van der Waals surface area contributed by atoms with E-state index in [0.717, 1.165) is 35.3 Å². The zero-order valence-corrected chi connectivity index (χ0v) is 18.6. The molecule has 0 bridgehead atoms. The molecule has 0 radical (unpaired) electrons. The predicted molar refractivity (Wildman–Crippen MR) is 118 cm³/mol. The van der Waals surface area contributed by atoms with Gasteiger partial charge < -0.3 is 0 Å². The fraction of sp³-hybridized carbons (Fsp3) is 0.409. The molecule has 1 unspecified atom stereocenters. The Morgan fingerprint density at radius 2 is 1.72 bits per heavy atom. The van der Waals surface area contributed by atoms with Crippen molar-refractivity contribution in [3.63, 3.8) is 0 Å². The first-order valence-electron chi connectivity index (χ1n) is 10.1. The largest absolute Gasteiger partial charge is 0.308 e. The molecular formula is C22H26N2O3S2. The summed E-state index contributed by atoms with van der Waals surface area (Å²) in [6.07, 6.45) is 4.58. The number of nitrogens with zero attached hydrogens (tertiary/aromatic N) is 1. The van der Waals surface area contributed by atoms with Crippen LogP contribution in [0.4, 0.5) is 0 Å². The summed E-state index contributed by atoms with van der Waals surface area (Å²) in [6.45, 7) is 5.76. The molecule has 1 heterocycles. The minimum Gasteiger partial charge on any atom is -0.296 e. The van der Waals surface area contributed by atoms with Crippen LogP contribution in [-0.2, 0) is 22.9 Å². The van der Waals surface area contributed by atoms with E-state index >= 15 is 0 Å². The maximum atomic E-state index is 13.0. The second kappa shape index (κ2) is 7.70. The number of fused-ring (bicyclic) bond motifs is 2. The Labute approximate surface area is 175 Å². The maximum Gasteiger partial charge on any atom is 0.308 e. The van der Waals surface area contributed by atoms with Crippen molar-refractivity contribution < 1.29 is 8.42 Å². The standard InChI is InChI=1S/C22H26N2O3S2/c1-14(2)24-20-11-10-19(13-21(20)28-22(24)25)29(26,27)23-15(3)17-9-8-16-6-4-5-7-18(16)12-17/h8-15,23H,4-7H2,1-3H3. The van der Waals surface area contributed by atoms with Crippen LogP contribution in [0.15, 0.2) is 46.1 Å². The molecule has 7 heteroatoms. The Kier molecular flexibility index (Phi) is 5.40. The lowest BCUT2D eigenvalue weighted by atomic mass is 9.89. The molecule has 1 aliphatic rings. The van der Waals surface area contributed by atoms with Gasteiger partial charge in [0.25, 0.3) is 0 Å². The summed E-state index contributed by atoms with van der Waals surface area (Å²) >= 11 is 1.08. The van der Waals surface area contributed by atoms with Gasteiger partial charge in [0, 0.05) is 12.1 Å². The van der Waals surface area contributed by atoms with Crippen molar-refractivity contribution in [3.05, 3.63) is 62.8 Å². The van der Waals surface area contributed by atoms with Crippen LogP contribution in [0, 0.1) is 0 Å². The van der Waals surface area contributed by atoms with Crippen LogP contribution in [0.3, 0.4) is 0 Å². The van der Waals surface area contributed by atoms with Gasteiger partial charge in [0.15, 0.2) is 0 Å². The predicted octanol–water partition coefficient (Wildman–Crippen LogP) is 4.56. The molecule has 1 atom stereocenters. The molecule has 5 nitrogen and oxygen atoms in total. The summed E-state index contributed by atoms with van der Waals surface area (Å²) < 4.78 is 31.1. The first-order chi connectivity index (χ1) is 13.8. The normalized spacial score (nSPS) is 15.6. The van der Waals surface area contributed by atoms with Gasteiger partial charge in [0.1, 0.15) is 0 Å². The number of nitrogens with one attached hydrogen (secondary N) is 1. The van der Waals surface area contributed by atoms with E-state index in [1.54, 1.807) is 22.8 Å². The van der Waals surface area contributed by atoms with Gasteiger partial charge in [-0.2, -0.15) is 0 Å². The molecule has 0 saturated carbocycles. The molecule has 1 N–H and O–H groups in total. The summed E-state index contributed by atoms with van der Waals surface area (Å²) in [4.78, 5) is 12.4. The quantitative estimate of drug-likeness (QED) is 0.645. The van der Waals surface area contributed by atoms with E-state index in [0.29, 0.717) is 4.70 Å². The van der Waals surface area contributed by atoms with Crippen molar-refractivity contribution in [3.8, 4) is 0 Å². The number of benzene rings is 2. The summed E-state index contributed by atoms with van der Waals surface area (Å²) in [5, 5.41) is 0. The molecule has 0 fully saturated rings. The zero-order valence-electron chi connectivity index (χ0n) is 16.9. The Morgan fingerprint density at radius 3 is 2.45 bits per heavy atom. The van der Waals surface area contributed by atoms with Crippen LogP contribution >= 0.6 is 11.3 Å². The Morgan fingerprint density at radius 1 is 1.00 bits per heavy atom. The van der Waals surface area contributed by atoms with E-state index < -0.39 is 10.0 Å². The third-order valence-electron chi connectivity index (χ3n) is 5.62. The monoisotopic (exact) mass is 430 g/mol. The summed E-state index contributed by atoms with van der Waals surface area (Å²) in [7, 11) is -3.70. The summed E-state index contributed by atoms with van der Waals surface area (Å²) in [5.41, 5.74) is 4.47. The topological polar surface area (TPSA) is 68.2 Å². The smallest absolute Gasteiger partial charge is 0.296 e. The molecule has 0 spiro atoms. The van der Waals surface area contributed by atoms with Crippen molar-refractivity contribution >= 4 is 31.6 Å². The highest BCUT2D eigenvalue weighted by Crippen LogP contribution is 2.27. The number of hydrogen-bond donors (Lipinski definition) is 1. The summed E-state index contributed by atoms with van der Waals surface area (Å²) in [5.74, 6) is 0. The molecule has 154 valence electrons. The third kappa shape index (κ3) is 3.91. The second-order valence-electron chi connectivity index (χ2n) is 8.04. The van der Waals surface area contributed by atoms with Crippen LogP contribution in [0.2, 0.25) is 0 Å². The van der Waals surface area contributed by atoms with E-state index in [1.807, 2.05) is 26.8 Å². The first kappa shape index (κ1) is 20.3. The van der Waals surface area contributed by atoms with Crippen molar-refractivity contribution in [1.82, 2.24) is 9.29 Å². The first-order valence-corrected chi connectivity index (χ1v) is 12.4. The van der Waals surface area contributed by atoms with Crippen molar-refractivity contribution in [2.24, 2.45) is 0 Å². The summed E-state index contributed by atoms with van der Waals surface area (Å²) in [6, 6.07) is 10.9. The molecule has 4 rings (SSSR count). The molecule has 3 aromatic rings. The SMILES string of the molecule is CC(NS(=O)(=O)c1ccc2c(c1)sc(=O)n2C(C)C)c1ccc2c(c1)CCCC2. The van der Waals surface area contributed by atoms with E-state index in [4.69, 9.17) is 0 Å². The lowest BCUT2D eigenvalue weighted by Crippen LogP contribution is -2.27. The van der Waals surface area contributed by atoms with Crippen molar-refractivity contribution in [2.45, 2.75) is 63.4 Å². The minimum absolute atomic E-state index is 0.0286. The van der Waals surface area contributed by atoms with Gasteiger partial charge in [-0.1, -0.05) is 29.5 Å². The number of aryl methyl sites for hydroxylation is 2. The maximum absolute atomic E-state index is 13.0. The fourth-order valence-electron chi connectivity index (χ4n) is 4.06. The fourth-order valence-corrected chi connectivity index (χ4v) is 6.45. The number of rotatable bonds is 5. The van der Waals surface area contributed by atoms with Gasteiger partial charge in [-0.25, -0.2) is 13.1 Å². The van der Waals surface area contributed by atoms with Crippen molar-refractivity contribution in [2.75, 3.05) is 0 Å². The average molecular weight is 431 g/mol. The molecule has 0 saturated heterocycles. The molecule has 1 aliphatic carbocycles. The number of sulfonamides is 1. The van der Waals surface area contributed by atoms with Crippen LogP contribution in [0.25, 0.3) is 10.2 Å². The number of aromatic nitrogens is 1. The van der Waals surface area contributed by atoms with E-state index in [9.17, 15) is 13.2 Å². The van der Waals surface area contributed by atoms with Crippen LogP contribution < -0.4 is 9.60 Å². The van der Waals surface area contributed by atoms with E-state index in [2.05, 4.69) is 16.9 Å². The highest BCUT2D eigenvalue weighted by Gasteiger charge is 2.21. The molecule has 29 heavy (non-hydrogen) atoms. The second-order valence-corrected chi connectivity index (χ2v) is 10.7. The van der Waals surface area contributed by atoms with E-state index in [1.165, 1.54) is 24.0 Å². The number of thiazole rings is 1. The van der Waals surface area contributed by atoms with Crippen LogP contribution in [0.5, 0.6) is 0 Å². The van der Waals surface area contributed by atoms with Gasteiger partial charge in [-0.05, 0) is 81.3 Å². The molecule has 1 aromatic heterocycles. The average Bonchev–Trinajstić information content (AvgIpc) is 3.02. The van der Waals surface area contributed by atoms with E-state index in [-0.39, 0.29) is 21.9 Å². The third-order valence-corrected chi connectivity index (χ3v) is 8.07. The minimum atomic E-state index is -3.70. The highest BCUT2D eigenvalue weighted by molar-refractivity contribution is 7.89. The lowest BCUT2D eigenvalue weighted by Gasteiger charge is -2.20. The van der Waals surface area contributed by atoms with Gasteiger partial charge in [0.05, 0.1) is 15.1 Å². The highest BCUT2D eigenvalue weighted by atomic mass is 32.2. The molecule has 0 amide bonds. The van der Waals surface area contributed by atoms with Crippen LogP contribution in [0.1, 0.15) is 62.4 Å². The number of hydrogen-bond acceptors (Lipinski definition) is 4. The Hall–Kier alpha value is -1.96. The Bertz CT molecular complexity index is 1220.